The highest BCUT2D eigenvalue weighted by molar-refractivity contribution is 5.02. The molecule has 1 fully saturated rings. The predicted octanol–water partition coefficient (Wildman–Crippen LogP) is 0.503. The van der Waals surface area contributed by atoms with E-state index in [4.69, 9.17) is 4.74 Å². The number of aromatic nitrogens is 1. The number of hydrogen-bond acceptors (Lipinski definition) is 4. The van der Waals surface area contributed by atoms with Gasteiger partial charge < -0.3 is 10.1 Å². The van der Waals surface area contributed by atoms with E-state index in [0.717, 1.165) is 51.6 Å². The Balaban J connectivity index is 1.58. The normalized spacial score (nSPS) is 17.5. The molecule has 0 bridgehead atoms. The van der Waals surface area contributed by atoms with Crippen molar-refractivity contribution in [3.05, 3.63) is 30.1 Å². The highest BCUT2D eigenvalue weighted by Gasteiger charge is 2.08. The van der Waals surface area contributed by atoms with Crippen molar-refractivity contribution in [2.45, 2.75) is 6.54 Å². The molecule has 4 nitrogen and oxygen atoms in total. The molecule has 4 heteroatoms. The Kier molecular flexibility index (Phi) is 4.73. The Morgan fingerprint density at radius 3 is 2.94 bits per heavy atom. The highest BCUT2D eigenvalue weighted by atomic mass is 16.5. The highest BCUT2D eigenvalue weighted by Crippen LogP contribution is 1.95. The molecule has 2 heterocycles. The third-order valence-corrected chi connectivity index (χ3v) is 2.74. The van der Waals surface area contributed by atoms with Crippen LogP contribution in [0.2, 0.25) is 0 Å². The Morgan fingerprint density at radius 2 is 2.19 bits per heavy atom. The van der Waals surface area contributed by atoms with Gasteiger partial charge in [-0.05, 0) is 12.1 Å². The van der Waals surface area contributed by atoms with E-state index >= 15 is 0 Å². The third-order valence-electron chi connectivity index (χ3n) is 2.74. The van der Waals surface area contributed by atoms with E-state index < -0.39 is 0 Å². The van der Waals surface area contributed by atoms with Crippen LogP contribution in [0, 0.1) is 0 Å². The molecule has 1 N–H and O–H groups in total. The first-order valence-corrected chi connectivity index (χ1v) is 5.86. The van der Waals surface area contributed by atoms with Crippen LogP contribution >= 0.6 is 0 Å². The molecule has 0 unspecified atom stereocenters. The summed E-state index contributed by atoms with van der Waals surface area (Å²) in [7, 11) is 0. The predicted molar refractivity (Wildman–Crippen MR) is 63.2 cm³/mol. The Bertz CT molecular complexity index is 286. The molecule has 2 rings (SSSR count). The van der Waals surface area contributed by atoms with Gasteiger partial charge in [-0.2, -0.15) is 0 Å². The molecule has 0 aliphatic carbocycles. The number of morpholine rings is 1. The van der Waals surface area contributed by atoms with Gasteiger partial charge in [-0.1, -0.05) is 6.07 Å². The summed E-state index contributed by atoms with van der Waals surface area (Å²) in [6.07, 6.45) is 1.83. The lowest BCUT2D eigenvalue weighted by molar-refractivity contribution is 0.0384. The first-order chi connectivity index (χ1) is 7.95. The average Bonchev–Trinajstić information content (AvgIpc) is 2.37. The summed E-state index contributed by atoms with van der Waals surface area (Å²) in [5.74, 6) is 0. The van der Waals surface area contributed by atoms with E-state index in [2.05, 4.69) is 15.2 Å². The van der Waals surface area contributed by atoms with Crippen molar-refractivity contribution in [1.82, 2.24) is 15.2 Å². The van der Waals surface area contributed by atoms with E-state index in [1.165, 1.54) is 0 Å². The molecule has 1 saturated heterocycles. The zero-order valence-electron chi connectivity index (χ0n) is 9.56. The molecule has 1 aromatic heterocycles. The van der Waals surface area contributed by atoms with Crippen LogP contribution in [0.5, 0.6) is 0 Å². The fraction of sp³-hybridized carbons (Fsp3) is 0.583. The van der Waals surface area contributed by atoms with Crippen LogP contribution in [-0.4, -0.2) is 49.3 Å². The van der Waals surface area contributed by atoms with Gasteiger partial charge in [-0.25, -0.2) is 0 Å². The van der Waals surface area contributed by atoms with Crippen molar-refractivity contribution >= 4 is 0 Å². The zero-order chi connectivity index (χ0) is 11.1. The smallest absolute Gasteiger partial charge is 0.0594 e. The van der Waals surface area contributed by atoms with Gasteiger partial charge in [0.05, 0.1) is 18.9 Å². The minimum atomic E-state index is 0.852. The third kappa shape index (κ3) is 3.89. The summed E-state index contributed by atoms with van der Waals surface area (Å²) < 4.78 is 5.30. The number of nitrogens with one attached hydrogen (secondary N) is 1. The topological polar surface area (TPSA) is 37.4 Å². The van der Waals surface area contributed by atoms with Crippen LogP contribution in [-0.2, 0) is 11.3 Å². The largest absolute Gasteiger partial charge is 0.379 e. The van der Waals surface area contributed by atoms with E-state index in [1.54, 1.807) is 0 Å². The van der Waals surface area contributed by atoms with Crippen LogP contribution in [0.1, 0.15) is 5.69 Å². The van der Waals surface area contributed by atoms with Crippen molar-refractivity contribution in [2.75, 3.05) is 39.4 Å². The maximum Gasteiger partial charge on any atom is 0.0594 e. The lowest BCUT2D eigenvalue weighted by atomic mass is 10.3. The Morgan fingerprint density at radius 1 is 1.31 bits per heavy atom. The van der Waals surface area contributed by atoms with Crippen molar-refractivity contribution in [1.29, 1.82) is 0 Å². The molecule has 16 heavy (non-hydrogen) atoms. The average molecular weight is 221 g/mol. The molecule has 88 valence electrons. The first-order valence-electron chi connectivity index (χ1n) is 5.86. The Labute approximate surface area is 96.6 Å². The van der Waals surface area contributed by atoms with E-state index in [0.29, 0.717) is 0 Å². The number of rotatable bonds is 5. The molecular weight excluding hydrogens is 202 g/mol. The van der Waals surface area contributed by atoms with Crippen molar-refractivity contribution < 1.29 is 4.74 Å². The van der Waals surface area contributed by atoms with Crippen molar-refractivity contribution in [3.8, 4) is 0 Å². The summed E-state index contributed by atoms with van der Waals surface area (Å²) in [5, 5.41) is 3.40. The van der Waals surface area contributed by atoms with Crippen LogP contribution < -0.4 is 5.32 Å². The molecule has 0 radical (unpaired) electrons. The second-order valence-electron chi connectivity index (χ2n) is 3.95. The lowest BCUT2D eigenvalue weighted by Gasteiger charge is -2.26. The fourth-order valence-corrected chi connectivity index (χ4v) is 1.78. The van der Waals surface area contributed by atoms with E-state index in [-0.39, 0.29) is 0 Å². The SMILES string of the molecule is c1ccc(CNCCN2CCOCC2)nc1. The van der Waals surface area contributed by atoms with E-state index in [9.17, 15) is 0 Å². The van der Waals surface area contributed by atoms with Gasteiger partial charge in [-0.3, -0.25) is 9.88 Å². The number of nitrogens with zero attached hydrogens (tertiary/aromatic N) is 2. The van der Waals surface area contributed by atoms with Gasteiger partial charge in [0.1, 0.15) is 0 Å². The maximum atomic E-state index is 5.30. The number of pyridine rings is 1. The quantitative estimate of drug-likeness (QED) is 0.735. The molecule has 0 amide bonds. The van der Waals surface area contributed by atoms with Gasteiger partial charge in [0.15, 0.2) is 0 Å². The zero-order valence-corrected chi connectivity index (χ0v) is 9.56. The van der Waals surface area contributed by atoms with Crippen LogP contribution in [0.25, 0.3) is 0 Å². The summed E-state index contributed by atoms with van der Waals surface area (Å²) in [4.78, 5) is 6.69. The fourth-order valence-electron chi connectivity index (χ4n) is 1.78. The summed E-state index contributed by atoms with van der Waals surface area (Å²) >= 11 is 0. The second kappa shape index (κ2) is 6.58. The van der Waals surface area contributed by atoms with E-state index in [1.807, 2.05) is 24.4 Å². The molecule has 1 aliphatic rings. The number of ether oxygens (including phenoxy) is 1. The summed E-state index contributed by atoms with van der Waals surface area (Å²) in [6.45, 7) is 6.83. The molecule has 0 aromatic carbocycles. The van der Waals surface area contributed by atoms with Gasteiger partial charge in [0.2, 0.25) is 0 Å². The summed E-state index contributed by atoms with van der Waals surface area (Å²) in [6, 6.07) is 6.00. The maximum absolute atomic E-state index is 5.30. The molecule has 0 spiro atoms. The van der Waals surface area contributed by atoms with Crippen LogP contribution in [0.3, 0.4) is 0 Å². The lowest BCUT2D eigenvalue weighted by Crippen LogP contribution is -2.40. The minimum absolute atomic E-state index is 0.852. The molecule has 0 saturated carbocycles. The first kappa shape index (κ1) is 11.5. The van der Waals surface area contributed by atoms with Crippen LogP contribution in [0.15, 0.2) is 24.4 Å². The second-order valence-corrected chi connectivity index (χ2v) is 3.95. The minimum Gasteiger partial charge on any atom is -0.379 e. The Hall–Kier alpha value is -0.970. The van der Waals surface area contributed by atoms with Crippen molar-refractivity contribution in [2.24, 2.45) is 0 Å². The molecule has 0 atom stereocenters. The molecular formula is C12H19N3O. The number of hydrogen-bond donors (Lipinski definition) is 1. The van der Waals surface area contributed by atoms with Gasteiger partial charge in [0.25, 0.3) is 0 Å². The van der Waals surface area contributed by atoms with Crippen LogP contribution in [0.4, 0.5) is 0 Å². The van der Waals surface area contributed by atoms with Crippen molar-refractivity contribution in [3.63, 3.8) is 0 Å². The molecule has 1 aromatic rings. The summed E-state index contributed by atoms with van der Waals surface area (Å²) in [5.41, 5.74) is 1.10. The standard InChI is InChI=1S/C12H19N3O/c1-2-4-14-12(3-1)11-13-5-6-15-7-9-16-10-8-15/h1-4,13H,5-11H2. The molecule has 1 aliphatic heterocycles. The van der Waals surface area contributed by atoms with Gasteiger partial charge in [0, 0.05) is 38.9 Å². The van der Waals surface area contributed by atoms with Gasteiger partial charge >= 0.3 is 0 Å². The monoisotopic (exact) mass is 221 g/mol. The van der Waals surface area contributed by atoms with Gasteiger partial charge in [-0.15, -0.1) is 0 Å².